The lowest BCUT2D eigenvalue weighted by Crippen LogP contribution is -2.56. The van der Waals surface area contributed by atoms with Gasteiger partial charge in [0, 0.05) is 5.56 Å². The summed E-state index contributed by atoms with van der Waals surface area (Å²) in [7, 11) is 0. The van der Waals surface area contributed by atoms with Crippen molar-refractivity contribution >= 4 is 23.8 Å². The van der Waals surface area contributed by atoms with Crippen molar-refractivity contribution in [3.05, 3.63) is 35.9 Å². The van der Waals surface area contributed by atoms with Gasteiger partial charge in [0.05, 0.1) is 6.61 Å². The molecule has 1 aromatic rings. The first-order valence-electron chi connectivity index (χ1n) is 9.52. The quantitative estimate of drug-likeness (QED) is 0.390. The van der Waals surface area contributed by atoms with Gasteiger partial charge < -0.3 is 20.1 Å². The van der Waals surface area contributed by atoms with Gasteiger partial charge in [-0.1, -0.05) is 44.2 Å². The number of carbonyl (C=O) groups is 4. The number of alkyl carbamates (subject to hydrolysis) is 1. The van der Waals surface area contributed by atoms with E-state index in [2.05, 4.69) is 10.6 Å². The minimum absolute atomic E-state index is 0.0526. The Labute approximate surface area is 171 Å². The van der Waals surface area contributed by atoms with E-state index >= 15 is 0 Å². The molecule has 160 valence electrons. The van der Waals surface area contributed by atoms with Gasteiger partial charge in [-0.05, 0) is 33.6 Å². The van der Waals surface area contributed by atoms with Crippen LogP contribution in [0.3, 0.4) is 0 Å². The lowest BCUT2D eigenvalue weighted by molar-refractivity contribution is -0.146. The molecule has 2 N–H and O–H groups in total. The highest BCUT2D eigenvalue weighted by atomic mass is 16.6. The Morgan fingerprint density at radius 2 is 1.59 bits per heavy atom. The van der Waals surface area contributed by atoms with Crippen molar-refractivity contribution < 1.29 is 28.7 Å². The van der Waals surface area contributed by atoms with Gasteiger partial charge in [0.25, 0.3) is 0 Å². The third-order valence-corrected chi connectivity index (χ3v) is 3.75. The SMILES string of the molecule is CCOC(=O)C(NC(=O)C(NC(=O)OC(C)(C)C)C(C)C)C(=O)c1ccccc1. The lowest BCUT2D eigenvalue weighted by atomic mass is 10.0. The van der Waals surface area contributed by atoms with Crippen LogP contribution in [0.25, 0.3) is 0 Å². The van der Waals surface area contributed by atoms with Crippen LogP contribution in [0.5, 0.6) is 0 Å². The average molecular weight is 406 g/mol. The molecule has 29 heavy (non-hydrogen) atoms. The van der Waals surface area contributed by atoms with Crippen LogP contribution >= 0.6 is 0 Å². The Bertz CT molecular complexity index is 724. The van der Waals surface area contributed by atoms with E-state index in [1.54, 1.807) is 71.9 Å². The van der Waals surface area contributed by atoms with Crippen molar-refractivity contribution in [2.45, 2.75) is 59.2 Å². The molecule has 0 radical (unpaired) electrons. The fourth-order valence-electron chi connectivity index (χ4n) is 2.43. The molecule has 0 saturated heterocycles. The monoisotopic (exact) mass is 406 g/mol. The van der Waals surface area contributed by atoms with E-state index in [0.717, 1.165) is 0 Å². The number of nitrogens with one attached hydrogen (secondary N) is 2. The zero-order valence-electron chi connectivity index (χ0n) is 17.8. The first kappa shape index (κ1) is 24.1. The van der Waals surface area contributed by atoms with Crippen LogP contribution in [0, 0.1) is 5.92 Å². The van der Waals surface area contributed by atoms with Crippen LogP contribution in [0.1, 0.15) is 51.9 Å². The predicted molar refractivity (Wildman–Crippen MR) is 107 cm³/mol. The molecule has 1 rings (SSSR count). The number of ketones is 1. The second-order valence-corrected chi connectivity index (χ2v) is 7.79. The minimum atomic E-state index is -1.52. The number of esters is 1. The maximum absolute atomic E-state index is 12.8. The van der Waals surface area contributed by atoms with Gasteiger partial charge >= 0.3 is 12.1 Å². The summed E-state index contributed by atoms with van der Waals surface area (Å²) in [5.41, 5.74) is -0.481. The highest BCUT2D eigenvalue weighted by Crippen LogP contribution is 2.10. The second kappa shape index (κ2) is 10.6. The number of Topliss-reactive ketones (excluding diaryl/α,β-unsaturated/α-hetero) is 1. The van der Waals surface area contributed by atoms with Crippen molar-refractivity contribution in [2.75, 3.05) is 6.61 Å². The van der Waals surface area contributed by atoms with Crippen LogP contribution in [0.15, 0.2) is 30.3 Å². The van der Waals surface area contributed by atoms with Crippen molar-refractivity contribution in [3.8, 4) is 0 Å². The summed E-state index contributed by atoms with van der Waals surface area (Å²) >= 11 is 0. The standard InChI is InChI=1S/C21H30N2O6/c1-7-28-19(26)16(17(24)14-11-9-8-10-12-14)22-18(25)15(13(2)3)23-20(27)29-21(4,5)6/h8-13,15-16H,7H2,1-6H3,(H,22,25)(H,23,27). The highest BCUT2D eigenvalue weighted by Gasteiger charge is 2.34. The average Bonchev–Trinajstić information content (AvgIpc) is 2.62. The van der Waals surface area contributed by atoms with E-state index in [9.17, 15) is 19.2 Å². The van der Waals surface area contributed by atoms with Crippen molar-refractivity contribution in [3.63, 3.8) is 0 Å². The summed E-state index contributed by atoms with van der Waals surface area (Å²) in [6.07, 6.45) is -0.770. The third kappa shape index (κ3) is 7.93. The Kier molecular flexibility index (Phi) is 8.82. The Balaban J connectivity index is 3.02. The molecule has 2 unspecified atom stereocenters. The summed E-state index contributed by atoms with van der Waals surface area (Å²) in [6.45, 7) is 10.2. The Hall–Kier alpha value is -2.90. The zero-order valence-corrected chi connectivity index (χ0v) is 17.8. The molecule has 0 spiro atoms. The lowest BCUT2D eigenvalue weighted by Gasteiger charge is -2.26. The molecule has 0 saturated carbocycles. The summed E-state index contributed by atoms with van der Waals surface area (Å²) in [6, 6.07) is 5.58. The Morgan fingerprint density at radius 1 is 1.00 bits per heavy atom. The molecule has 0 bridgehead atoms. The van der Waals surface area contributed by atoms with Gasteiger partial charge in [-0.2, -0.15) is 0 Å². The van der Waals surface area contributed by atoms with Gasteiger partial charge in [0.1, 0.15) is 11.6 Å². The number of amides is 2. The van der Waals surface area contributed by atoms with Gasteiger partial charge in [0.15, 0.2) is 11.8 Å². The van der Waals surface area contributed by atoms with E-state index in [1.165, 1.54) is 0 Å². The molecule has 0 aromatic heterocycles. The molecule has 0 aliphatic rings. The van der Waals surface area contributed by atoms with Crippen LogP contribution < -0.4 is 10.6 Å². The van der Waals surface area contributed by atoms with E-state index in [4.69, 9.17) is 9.47 Å². The minimum Gasteiger partial charge on any atom is -0.464 e. The van der Waals surface area contributed by atoms with Crippen molar-refractivity contribution in [2.24, 2.45) is 5.92 Å². The summed E-state index contributed by atoms with van der Waals surface area (Å²) < 4.78 is 10.1. The van der Waals surface area contributed by atoms with Gasteiger partial charge in [-0.3, -0.25) is 9.59 Å². The molecule has 0 aliphatic carbocycles. The van der Waals surface area contributed by atoms with Crippen LogP contribution in [0.4, 0.5) is 4.79 Å². The predicted octanol–water partition coefficient (Wildman–Crippen LogP) is 2.47. The summed E-state index contributed by atoms with van der Waals surface area (Å²) in [5.74, 6) is -2.47. The van der Waals surface area contributed by atoms with Gasteiger partial charge in [-0.25, -0.2) is 9.59 Å². The van der Waals surface area contributed by atoms with E-state index in [1.807, 2.05) is 0 Å². The molecule has 0 aliphatic heterocycles. The van der Waals surface area contributed by atoms with Crippen molar-refractivity contribution in [1.29, 1.82) is 0 Å². The largest absolute Gasteiger partial charge is 0.464 e. The zero-order chi connectivity index (χ0) is 22.2. The number of carbonyl (C=O) groups excluding carboxylic acids is 4. The number of benzene rings is 1. The number of ether oxygens (including phenoxy) is 2. The van der Waals surface area contributed by atoms with Crippen molar-refractivity contribution in [1.82, 2.24) is 10.6 Å². The maximum atomic E-state index is 12.8. The number of hydrogen-bond donors (Lipinski definition) is 2. The first-order chi connectivity index (χ1) is 13.5. The Morgan fingerprint density at radius 3 is 2.07 bits per heavy atom. The summed E-state index contributed by atoms with van der Waals surface area (Å²) in [4.78, 5) is 50.0. The maximum Gasteiger partial charge on any atom is 0.408 e. The van der Waals surface area contributed by atoms with Crippen LogP contribution in [0.2, 0.25) is 0 Å². The van der Waals surface area contributed by atoms with E-state index in [0.29, 0.717) is 0 Å². The molecule has 2 atom stereocenters. The van der Waals surface area contributed by atoms with Crippen LogP contribution in [-0.2, 0) is 19.1 Å². The molecule has 1 aromatic carbocycles. The van der Waals surface area contributed by atoms with E-state index in [-0.39, 0.29) is 18.1 Å². The third-order valence-electron chi connectivity index (χ3n) is 3.75. The molecule has 0 heterocycles. The number of hydrogen-bond acceptors (Lipinski definition) is 6. The van der Waals surface area contributed by atoms with E-state index < -0.39 is 41.4 Å². The fourth-order valence-corrected chi connectivity index (χ4v) is 2.43. The normalized spacial score (nSPS) is 13.2. The highest BCUT2D eigenvalue weighted by molar-refractivity contribution is 6.14. The summed E-state index contributed by atoms with van der Waals surface area (Å²) in [5, 5.41) is 4.91. The fraction of sp³-hybridized carbons (Fsp3) is 0.524. The van der Waals surface area contributed by atoms with Gasteiger partial charge in [-0.15, -0.1) is 0 Å². The molecule has 0 fully saturated rings. The van der Waals surface area contributed by atoms with Crippen LogP contribution in [-0.4, -0.2) is 48.0 Å². The first-order valence-corrected chi connectivity index (χ1v) is 9.52. The van der Waals surface area contributed by atoms with Gasteiger partial charge in [0.2, 0.25) is 5.91 Å². The number of rotatable bonds is 8. The molecular weight excluding hydrogens is 376 g/mol. The second-order valence-electron chi connectivity index (χ2n) is 7.79. The molecular formula is C21H30N2O6. The molecule has 8 heteroatoms. The molecule has 8 nitrogen and oxygen atoms in total. The molecule has 2 amide bonds. The smallest absolute Gasteiger partial charge is 0.408 e. The topological polar surface area (TPSA) is 111 Å².